The van der Waals surface area contributed by atoms with Crippen LogP contribution in [-0.4, -0.2) is 44.4 Å². The number of fused-ring (bicyclic) bond motifs is 1. The lowest BCUT2D eigenvalue weighted by molar-refractivity contribution is -0.129. The van der Waals surface area contributed by atoms with E-state index < -0.39 is 0 Å². The molecule has 0 unspecified atom stereocenters. The molecule has 1 aromatic rings. The normalized spacial score (nSPS) is 23.9. The maximum Gasteiger partial charge on any atom is 0.240 e. The van der Waals surface area contributed by atoms with E-state index in [0.717, 1.165) is 5.56 Å². The van der Waals surface area contributed by atoms with Gasteiger partial charge >= 0.3 is 0 Å². The molecule has 2 atom stereocenters. The first-order valence-corrected chi connectivity index (χ1v) is 7.73. The highest BCUT2D eigenvalue weighted by Crippen LogP contribution is 2.38. The minimum absolute atomic E-state index is 0.0850. The predicted octanol–water partition coefficient (Wildman–Crippen LogP) is 1.10. The van der Waals surface area contributed by atoms with E-state index in [9.17, 15) is 4.79 Å². The maximum absolute atomic E-state index is 12.2. The molecule has 7 heteroatoms. The molecule has 0 saturated carbocycles. The lowest BCUT2D eigenvalue weighted by Crippen LogP contribution is -2.55. The van der Waals surface area contributed by atoms with E-state index in [2.05, 4.69) is 10.6 Å². The molecule has 0 aliphatic carbocycles. The van der Waals surface area contributed by atoms with Gasteiger partial charge in [0.25, 0.3) is 0 Å². The molecule has 1 fully saturated rings. The number of hydrogen-bond acceptors (Lipinski definition) is 5. The van der Waals surface area contributed by atoms with Crippen molar-refractivity contribution in [3.8, 4) is 11.5 Å². The highest BCUT2D eigenvalue weighted by Gasteiger charge is 2.28. The third-order valence-electron chi connectivity index (χ3n) is 3.72. The molecule has 2 N–H and O–H groups in total. The minimum Gasteiger partial charge on any atom is -0.486 e. The van der Waals surface area contributed by atoms with Gasteiger partial charge in [-0.1, -0.05) is 11.6 Å². The van der Waals surface area contributed by atoms with E-state index in [1.165, 1.54) is 0 Å². The van der Waals surface area contributed by atoms with E-state index in [0.29, 0.717) is 49.4 Å². The van der Waals surface area contributed by atoms with Gasteiger partial charge in [0.05, 0.1) is 17.7 Å². The van der Waals surface area contributed by atoms with Crippen molar-refractivity contribution in [2.24, 2.45) is 0 Å². The Labute approximate surface area is 134 Å². The van der Waals surface area contributed by atoms with Crippen LogP contribution in [0.25, 0.3) is 0 Å². The van der Waals surface area contributed by atoms with Gasteiger partial charge in [0, 0.05) is 13.1 Å². The Bertz CT molecular complexity index is 567. The Hall–Kier alpha value is -1.50. The van der Waals surface area contributed by atoms with E-state index >= 15 is 0 Å². The van der Waals surface area contributed by atoms with Crippen LogP contribution >= 0.6 is 11.6 Å². The van der Waals surface area contributed by atoms with Crippen molar-refractivity contribution in [2.75, 3.05) is 26.4 Å². The van der Waals surface area contributed by atoms with Gasteiger partial charge in [0.15, 0.2) is 11.5 Å². The number of nitrogens with one attached hydrogen (secondary N) is 2. The van der Waals surface area contributed by atoms with Gasteiger partial charge in [0.1, 0.15) is 19.3 Å². The van der Waals surface area contributed by atoms with Crippen molar-refractivity contribution in [3.05, 3.63) is 22.7 Å². The van der Waals surface area contributed by atoms with Crippen LogP contribution in [0, 0.1) is 0 Å². The quantitative estimate of drug-likeness (QED) is 0.870. The van der Waals surface area contributed by atoms with Gasteiger partial charge in [-0.05, 0) is 24.6 Å². The molecular formula is C15H19ClN2O4. The molecule has 1 aromatic carbocycles. The Morgan fingerprint density at radius 1 is 1.36 bits per heavy atom. The second-order valence-corrected chi connectivity index (χ2v) is 5.73. The van der Waals surface area contributed by atoms with Gasteiger partial charge in [-0.25, -0.2) is 0 Å². The zero-order chi connectivity index (χ0) is 15.5. The molecule has 0 radical (unpaired) electrons. The van der Waals surface area contributed by atoms with Crippen LogP contribution in [0.5, 0.6) is 11.5 Å². The van der Waals surface area contributed by atoms with Crippen molar-refractivity contribution in [2.45, 2.75) is 25.6 Å². The number of ether oxygens (including phenoxy) is 3. The minimum atomic E-state index is -0.332. The first-order chi connectivity index (χ1) is 10.6. The van der Waals surface area contributed by atoms with E-state index in [1.54, 1.807) is 6.07 Å². The number of rotatable bonds is 3. The number of carbonyl (C=O) groups excluding carboxylic acids is 1. The first kappa shape index (κ1) is 15.4. The number of benzene rings is 1. The lowest BCUT2D eigenvalue weighted by atomic mass is 10.1. The van der Waals surface area contributed by atoms with Crippen LogP contribution in [0.1, 0.15) is 12.5 Å². The smallest absolute Gasteiger partial charge is 0.240 e. The number of carbonyl (C=O) groups is 1. The molecule has 0 aromatic heterocycles. The van der Waals surface area contributed by atoms with Gasteiger partial charge in [-0.15, -0.1) is 0 Å². The topological polar surface area (TPSA) is 68.8 Å². The fourth-order valence-corrected chi connectivity index (χ4v) is 2.88. The second kappa shape index (κ2) is 6.73. The van der Waals surface area contributed by atoms with Crippen molar-refractivity contribution in [1.82, 2.24) is 10.6 Å². The van der Waals surface area contributed by atoms with Crippen molar-refractivity contribution in [3.63, 3.8) is 0 Å². The standard InChI is InChI=1S/C15H19ClN2O4/c1-9-13(17-2-3-20-9)15(19)18-8-10-6-11(16)14-12(7-10)21-4-5-22-14/h6-7,9,13,17H,2-5,8H2,1H3,(H,18,19)/t9-,13+/m1/s1. The third kappa shape index (κ3) is 3.29. The zero-order valence-corrected chi connectivity index (χ0v) is 13.1. The van der Waals surface area contributed by atoms with E-state index in [-0.39, 0.29) is 18.1 Å². The molecule has 3 rings (SSSR count). The summed E-state index contributed by atoms with van der Waals surface area (Å²) in [5, 5.41) is 6.55. The van der Waals surface area contributed by atoms with Crippen LogP contribution in [0.15, 0.2) is 12.1 Å². The molecule has 120 valence electrons. The third-order valence-corrected chi connectivity index (χ3v) is 4.00. The number of hydrogen-bond donors (Lipinski definition) is 2. The average molecular weight is 327 g/mol. The highest BCUT2D eigenvalue weighted by molar-refractivity contribution is 6.32. The van der Waals surface area contributed by atoms with Gasteiger partial charge in [-0.2, -0.15) is 0 Å². The maximum atomic E-state index is 12.2. The van der Waals surface area contributed by atoms with E-state index in [4.69, 9.17) is 25.8 Å². The van der Waals surface area contributed by atoms with Crippen LogP contribution in [-0.2, 0) is 16.1 Å². The van der Waals surface area contributed by atoms with Crippen molar-refractivity contribution >= 4 is 17.5 Å². The summed E-state index contributed by atoms with van der Waals surface area (Å²) in [6.45, 7) is 4.56. The predicted molar refractivity (Wildman–Crippen MR) is 81.5 cm³/mol. The Kier molecular flexibility index (Phi) is 4.71. The lowest BCUT2D eigenvalue weighted by Gasteiger charge is -2.29. The molecule has 0 spiro atoms. The van der Waals surface area contributed by atoms with Crippen LogP contribution in [0.4, 0.5) is 0 Å². The first-order valence-electron chi connectivity index (χ1n) is 7.36. The molecule has 2 heterocycles. The van der Waals surface area contributed by atoms with Crippen LogP contribution in [0.3, 0.4) is 0 Å². The summed E-state index contributed by atoms with van der Waals surface area (Å²) in [4.78, 5) is 12.2. The molecular weight excluding hydrogens is 308 g/mol. The molecule has 2 aliphatic rings. The molecule has 2 aliphatic heterocycles. The zero-order valence-electron chi connectivity index (χ0n) is 12.4. The summed E-state index contributed by atoms with van der Waals surface area (Å²) < 4.78 is 16.5. The fourth-order valence-electron chi connectivity index (χ4n) is 2.59. The molecule has 6 nitrogen and oxygen atoms in total. The Morgan fingerprint density at radius 3 is 3.00 bits per heavy atom. The van der Waals surface area contributed by atoms with Gasteiger partial charge in [0.2, 0.25) is 5.91 Å². The number of amides is 1. The summed E-state index contributed by atoms with van der Waals surface area (Å²) in [6, 6.07) is 3.29. The SMILES string of the molecule is C[C@H]1OCCN[C@@H]1C(=O)NCc1cc(Cl)c2c(c1)OCCO2. The Morgan fingerprint density at radius 2 is 2.18 bits per heavy atom. The number of halogens is 1. The van der Waals surface area contributed by atoms with Crippen LogP contribution in [0.2, 0.25) is 5.02 Å². The van der Waals surface area contributed by atoms with E-state index in [1.807, 2.05) is 13.0 Å². The average Bonchev–Trinajstić information content (AvgIpc) is 2.53. The summed E-state index contributed by atoms with van der Waals surface area (Å²) in [5.74, 6) is 1.10. The molecule has 22 heavy (non-hydrogen) atoms. The van der Waals surface area contributed by atoms with Crippen LogP contribution < -0.4 is 20.1 Å². The largest absolute Gasteiger partial charge is 0.486 e. The molecule has 1 saturated heterocycles. The summed E-state index contributed by atoms with van der Waals surface area (Å²) >= 11 is 6.18. The van der Waals surface area contributed by atoms with Crippen molar-refractivity contribution in [1.29, 1.82) is 0 Å². The molecule has 0 bridgehead atoms. The monoisotopic (exact) mass is 326 g/mol. The highest BCUT2D eigenvalue weighted by atomic mass is 35.5. The summed E-state index contributed by atoms with van der Waals surface area (Å²) in [5.41, 5.74) is 0.868. The number of morpholine rings is 1. The second-order valence-electron chi connectivity index (χ2n) is 5.33. The Balaban J connectivity index is 1.64. The van der Waals surface area contributed by atoms with Gasteiger partial charge < -0.3 is 24.8 Å². The van der Waals surface area contributed by atoms with Gasteiger partial charge in [-0.3, -0.25) is 4.79 Å². The summed E-state index contributed by atoms with van der Waals surface area (Å²) in [7, 11) is 0. The summed E-state index contributed by atoms with van der Waals surface area (Å²) in [6.07, 6.45) is -0.141. The van der Waals surface area contributed by atoms with Crippen molar-refractivity contribution < 1.29 is 19.0 Å². The molecule has 1 amide bonds. The fraction of sp³-hybridized carbons (Fsp3) is 0.533.